The molecule has 0 unspecified atom stereocenters. The molecule has 0 radical (unpaired) electrons. The van der Waals surface area contributed by atoms with E-state index in [9.17, 15) is 12.8 Å². The van der Waals surface area contributed by atoms with Gasteiger partial charge in [-0.15, -0.1) is 10.2 Å². The molecule has 24 heavy (non-hydrogen) atoms. The quantitative estimate of drug-likeness (QED) is 0.739. The van der Waals surface area contributed by atoms with E-state index in [-0.39, 0.29) is 11.6 Å². The Morgan fingerprint density at radius 2 is 1.96 bits per heavy atom. The SMILES string of the molecule is CCS(=O)(=O)N1CCN(c2nnc(-c3cc(Br)ccc3F)s2)CC1. The number of sulfonamides is 1. The smallest absolute Gasteiger partial charge is 0.213 e. The zero-order chi connectivity index (χ0) is 17.3. The van der Waals surface area contributed by atoms with Gasteiger partial charge in [-0.2, -0.15) is 4.31 Å². The van der Waals surface area contributed by atoms with Gasteiger partial charge in [-0.05, 0) is 25.1 Å². The first-order valence-electron chi connectivity index (χ1n) is 7.42. The van der Waals surface area contributed by atoms with Gasteiger partial charge in [0.1, 0.15) is 5.82 Å². The Hall–Kier alpha value is -1.10. The molecule has 1 fully saturated rings. The van der Waals surface area contributed by atoms with Gasteiger partial charge in [0.2, 0.25) is 15.2 Å². The Labute approximate surface area is 152 Å². The molecule has 3 rings (SSSR count). The summed E-state index contributed by atoms with van der Waals surface area (Å²) in [6, 6.07) is 4.69. The second kappa shape index (κ2) is 7.03. The highest BCUT2D eigenvalue weighted by molar-refractivity contribution is 9.10. The molecule has 2 heterocycles. The summed E-state index contributed by atoms with van der Waals surface area (Å²) in [5.41, 5.74) is 0.403. The van der Waals surface area contributed by atoms with Crippen molar-refractivity contribution in [2.24, 2.45) is 0 Å². The fraction of sp³-hybridized carbons (Fsp3) is 0.429. The minimum atomic E-state index is -3.16. The third kappa shape index (κ3) is 3.61. The first kappa shape index (κ1) is 17.7. The van der Waals surface area contributed by atoms with Crippen LogP contribution in [-0.2, 0) is 10.0 Å². The van der Waals surface area contributed by atoms with Crippen LogP contribution in [0.5, 0.6) is 0 Å². The van der Waals surface area contributed by atoms with E-state index in [4.69, 9.17) is 0 Å². The van der Waals surface area contributed by atoms with Crippen LogP contribution in [0.4, 0.5) is 9.52 Å². The summed E-state index contributed by atoms with van der Waals surface area (Å²) in [7, 11) is -3.16. The lowest BCUT2D eigenvalue weighted by Crippen LogP contribution is -2.49. The van der Waals surface area contributed by atoms with Crippen LogP contribution in [0.3, 0.4) is 0 Å². The van der Waals surface area contributed by atoms with Crippen molar-refractivity contribution in [3.63, 3.8) is 0 Å². The second-order valence-corrected chi connectivity index (χ2v) is 9.43. The molecular formula is C14H16BrFN4O2S2. The van der Waals surface area contributed by atoms with Crippen LogP contribution in [0.2, 0.25) is 0 Å². The number of rotatable bonds is 4. The summed E-state index contributed by atoms with van der Waals surface area (Å²) in [6.45, 7) is 3.60. The van der Waals surface area contributed by atoms with Crippen molar-refractivity contribution in [1.82, 2.24) is 14.5 Å². The van der Waals surface area contributed by atoms with Crippen LogP contribution in [-0.4, -0.2) is 54.9 Å². The largest absolute Gasteiger partial charge is 0.344 e. The number of piperazine rings is 1. The lowest BCUT2D eigenvalue weighted by atomic mass is 10.2. The molecule has 0 N–H and O–H groups in total. The van der Waals surface area contributed by atoms with E-state index in [1.807, 2.05) is 4.90 Å². The molecular weight excluding hydrogens is 419 g/mol. The van der Waals surface area contributed by atoms with E-state index in [0.29, 0.717) is 41.9 Å². The Morgan fingerprint density at radius 3 is 2.62 bits per heavy atom. The average molecular weight is 435 g/mol. The van der Waals surface area contributed by atoms with Crippen molar-refractivity contribution in [2.45, 2.75) is 6.92 Å². The van der Waals surface area contributed by atoms with Crippen LogP contribution in [0.15, 0.2) is 22.7 Å². The molecule has 10 heteroatoms. The number of nitrogens with zero attached hydrogens (tertiary/aromatic N) is 4. The highest BCUT2D eigenvalue weighted by Crippen LogP contribution is 2.32. The lowest BCUT2D eigenvalue weighted by molar-refractivity contribution is 0.385. The van der Waals surface area contributed by atoms with Crippen LogP contribution in [0, 0.1) is 5.82 Å². The summed E-state index contributed by atoms with van der Waals surface area (Å²) in [5, 5.41) is 9.41. The van der Waals surface area contributed by atoms with Crippen molar-refractivity contribution >= 4 is 42.4 Å². The normalized spacial score (nSPS) is 16.5. The molecule has 0 bridgehead atoms. The predicted molar refractivity (Wildman–Crippen MR) is 96.2 cm³/mol. The van der Waals surface area contributed by atoms with E-state index in [2.05, 4.69) is 26.1 Å². The molecule has 0 amide bonds. The average Bonchev–Trinajstić information content (AvgIpc) is 3.07. The number of hydrogen-bond acceptors (Lipinski definition) is 6. The molecule has 1 aliphatic rings. The van der Waals surface area contributed by atoms with E-state index in [1.54, 1.807) is 19.1 Å². The standard InChI is InChI=1S/C14H16BrFN4O2S2/c1-2-24(21,22)20-7-5-19(6-8-20)14-18-17-13(23-14)11-9-10(15)3-4-12(11)16/h3-4,9H,2,5-8H2,1H3. The van der Waals surface area contributed by atoms with Gasteiger partial charge in [0.15, 0.2) is 5.01 Å². The number of aromatic nitrogens is 2. The van der Waals surface area contributed by atoms with Gasteiger partial charge in [0, 0.05) is 36.2 Å². The van der Waals surface area contributed by atoms with Crippen LogP contribution >= 0.6 is 27.3 Å². The molecule has 130 valence electrons. The van der Waals surface area contributed by atoms with Crippen molar-refractivity contribution in [1.29, 1.82) is 0 Å². The topological polar surface area (TPSA) is 66.4 Å². The van der Waals surface area contributed by atoms with E-state index >= 15 is 0 Å². The Balaban J connectivity index is 1.74. The van der Waals surface area contributed by atoms with Crippen LogP contribution in [0.25, 0.3) is 10.6 Å². The number of hydrogen-bond donors (Lipinski definition) is 0. The van der Waals surface area contributed by atoms with Gasteiger partial charge in [-0.3, -0.25) is 0 Å². The van der Waals surface area contributed by atoms with Crippen molar-refractivity contribution < 1.29 is 12.8 Å². The highest BCUT2D eigenvalue weighted by atomic mass is 79.9. The number of halogens is 2. The van der Waals surface area contributed by atoms with Gasteiger partial charge < -0.3 is 4.90 Å². The molecule has 6 nitrogen and oxygen atoms in total. The maximum atomic E-state index is 14.0. The molecule has 0 atom stereocenters. The van der Waals surface area contributed by atoms with Crippen molar-refractivity contribution in [3.05, 3.63) is 28.5 Å². The van der Waals surface area contributed by atoms with Gasteiger partial charge in [0.05, 0.1) is 5.75 Å². The van der Waals surface area contributed by atoms with Gasteiger partial charge >= 0.3 is 0 Å². The summed E-state index contributed by atoms with van der Waals surface area (Å²) in [5.74, 6) is -0.238. The predicted octanol–water partition coefficient (Wildman–Crippen LogP) is 2.58. The minimum Gasteiger partial charge on any atom is -0.344 e. The molecule has 0 aliphatic carbocycles. The summed E-state index contributed by atoms with van der Waals surface area (Å²) in [4.78, 5) is 1.98. The maximum Gasteiger partial charge on any atom is 0.213 e. The van der Waals surface area contributed by atoms with E-state index in [1.165, 1.54) is 21.7 Å². The Kier molecular flexibility index (Phi) is 5.19. The Morgan fingerprint density at radius 1 is 1.25 bits per heavy atom. The molecule has 2 aromatic rings. The third-order valence-corrected chi connectivity index (χ3v) is 7.23. The monoisotopic (exact) mass is 434 g/mol. The molecule has 1 aromatic heterocycles. The molecule has 0 spiro atoms. The van der Waals surface area contributed by atoms with Crippen molar-refractivity contribution in [2.75, 3.05) is 36.8 Å². The lowest BCUT2D eigenvalue weighted by Gasteiger charge is -2.33. The molecule has 1 aliphatic heterocycles. The maximum absolute atomic E-state index is 14.0. The summed E-state index contributed by atoms with van der Waals surface area (Å²) >= 11 is 4.63. The zero-order valence-electron chi connectivity index (χ0n) is 12.9. The Bertz CT molecular complexity index is 835. The molecule has 1 saturated heterocycles. The first-order valence-corrected chi connectivity index (χ1v) is 10.6. The summed E-state index contributed by atoms with van der Waals surface area (Å²) in [6.07, 6.45) is 0. The van der Waals surface area contributed by atoms with Gasteiger partial charge in [0.25, 0.3) is 0 Å². The minimum absolute atomic E-state index is 0.109. The third-order valence-electron chi connectivity index (χ3n) is 3.84. The van der Waals surface area contributed by atoms with Crippen LogP contribution in [0.1, 0.15) is 6.92 Å². The van der Waals surface area contributed by atoms with Crippen LogP contribution < -0.4 is 4.90 Å². The molecule has 0 saturated carbocycles. The zero-order valence-corrected chi connectivity index (χ0v) is 16.2. The fourth-order valence-electron chi connectivity index (χ4n) is 2.45. The highest BCUT2D eigenvalue weighted by Gasteiger charge is 2.27. The second-order valence-electron chi connectivity index (χ2n) is 5.30. The van der Waals surface area contributed by atoms with Gasteiger partial charge in [-0.25, -0.2) is 12.8 Å². The van der Waals surface area contributed by atoms with Crippen molar-refractivity contribution in [3.8, 4) is 10.6 Å². The van der Waals surface area contributed by atoms with E-state index in [0.717, 1.165) is 4.47 Å². The fourth-order valence-corrected chi connectivity index (χ4v) is 4.81. The number of anilines is 1. The number of benzene rings is 1. The van der Waals surface area contributed by atoms with E-state index < -0.39 is 10.0 Å². The first-order chi connectivity index (χ1) is 11.4. The molecule has 1 aromatic carbocycles. The summed E-state index contributed by atoms with van der Waals surface area (Å²) < 4.78 is 40.0. The van der Waals surface area contributed by atoms with Gasteiger partial charge in [-0.1, -0.05) is 27.3 Å².